The van der Waals surface area contributed by atoms with Gasteiger partial charge in [0.2, 0.25) is 10.0 Å². The van der Waals surface area contributed by atoms with E-state index in [-0.39, 0.29) is 11.9 Å². The third-order valence-corrected chi connectivity index (χ3v) is 9.09. The number of nitrogens with zero attached hydrogens (tertiary/aromatic N) is 3. The Morgan fingerprint density at radius 2 is 1.97 bits per heavy atom. The third-order valence-electron chi connectivity index (χ3n) is 5.45. The molecule has 0 aliphatic carbocycles. The van der Waals surface area contributed by atoms with E-state index in [2.05, 4.69) is 25.5 Å². The Balaban J connectivity index is 1.96. The maximum absolute atomic E-state index is 13.2. The van der Waals surface area contributed by atoms with E-state index in [1.807, 2.05) is 43.0 Å². The molecule has 9 heteroatoms. The molecule has 6 nitrogen and oxygen atoms in total. The lowest BCUT2D eigenvalue weighted by Crippen LogP contribution is -2.56. The fraction of sp³-hybridized carbons (Fsp3) is 0.550. The molecular weight excluding hydrogens is 426 g/mol. The summed E-state index contributed by atoms with van der Waals surface area (Å²) in [5.41, 5.74) is 3.19. The number of amidine groups is 1. The molecule has 2 aliphatic heterocycles. The van der Waals surface area contributed by atoms with Gasteiger partial charge in [-0.2, -0.15) is 4.31 Å². The lowest BCUT2D eigenvalue weighted by Gasteiger charge is -2.45. The van der Waals surface area contributed by atoms with Crippen LogP contribution in [0.15, 0.2) is 40.5 Å². The molecule has 160 valence electrons. The molecule has 29 heavy (non-hydrogen) atoms. The molecule has 1 fully saturated rings. The van der Waals surface area contributed by atoms with Crippen LogP contribution in [0.4, 0.5) is 0 Å². The zero-order chi connectivity index (χ0) is 21.4. The second-order valence-corrected chi connectivity index (χ2v) is 11.5. The number of aliphatic imine (C=N–C) groups is 1. The first-order valence-electron chi connectivity index (χ1n) is 9.64. The first-order chi connectivity index (χ1) is 13.6. The average molecular weight is 456 g/mol. The van der Waals surface area contributed by atoms with Gasteiger partial charge in [-0.15, -0.1) is 11.7 Å². The van der Waals surface area contributed by atoms with Crippen LogP contribution < -0.4 is 4.74 Å². The summed E-state index contributed by atoms with van der Waals surface area (Å²) in [7, 11) is -0.477. The predicted molar refractivity (Wildman–Crippen MR) is 124 cm³/mol. The molecule has 1 saturated heterocycles. The highest BCUT2D eigenvalue weighted by molar-refractivity contribution is 8.69. The number of ether oxygens (including phenoxy) is 1. The van der Waals surface area contributed by atoms with E-state index < -0.39 is 14.8 Å². The van der Waals surface area contributed by atoms with Gasteiger partial charge in [-0.25, -0.2) is 8.42 Å². The number of sulfonamides is 1. The minimum Gasteiger partial charge on any atom is -0.497 e. The van der Waals surface area contributed by atoms with Crippen LogP contribution in [0.1, 0.15) is 39.7 Å². The number of hydrogen-bond donors (Lipinski definition) is 1. The lowest BCUT2D eigenvalue weighted by molar-refractivity contribution is 0.345. The van der Waals surface area contributed by atoms with Crippen LogP contribution in [0.25, 0.3) is 0 Å². The van der Waals surface area contributed by atoms with E-state index >= 15 is 0 Å². The maximum atomic E-state index is 13.2. The van der Waals surface area contributed by atoms with Gasteiger partial charge in [0.05, 0.1) is 24.4 Å². The van der Waals surface area contributed by atoms with Crippen LogP contribution in [0.2, 0.25) is 0 Å². The number of hydrogen-bond acceptors (Lipinski definition) is 7. The van der Waals surface area contributed by atoms with Crippen molar-refractivity contribution in [2.75, 3.05) is 19.5 Å². The van der Waals surface area contributed by atoms with Crippen molar-refractivity contribution >= 4 is 38.3 Å². The average Bonchev–Trinajstić information content (AvgIpc) is 2.69. The van der Waals surface area contributed by atoms with E-state index in [1.165, 1.54) is 16.4 Å². The van der Waals surface area contributed by atoms with Crippen LogP contribution in [0.5, 0.6) is 5.75 Å². The molecule has 0 radical (unpaired) electrons. The first-order valence-corrected chi connectivity index (χ1v) is 13.1. The Morgan fingerprint density at radius 1 is 1.31 bits per heavy atom. The fourth-order valence-electron chi connectivity index (χ4n) is 3.82. The van der Waals surface area contributed by atoms with E-state index in [0.29, 0.717) is 13.1 Å². The van der Waals surface area contributed by atoms with Crippen molar-refractivity contribution in [1.82, 2.24) is 9.21 Å². The summed E-state index contributed by atoms with van der Waals surface area (Å²) in [5, 5.41) is 0. The first kappa shape index (κ1) is 22.5. The monoisotopic (exact) mass is 455 g/mol. The topological polar surface area (TPSA) is 62.2 Å². The second kappa shape index (κ2) is 8.53. The van der Waals surface area contributed by atoms with Crippen molar-refractivity contribution in [3.63, 3.8) is 0 Å². The molecule has 1 aromatic rings. The Labute approximate surface area is 183 Å². The highest BCUT2D eigenvalue weighted by Gasteiger charge is 2.43. The number of benzene rings is 1. The SMILES string of the molecule is CCC1=C2CN(Cc3ccc(OC)cc3)S(=O)(=O)CN2C(C(C)(C)SS)=N[C@H]1C. The highest BCUT2D eigenvalue weighted by Crippen LogP contribution is 2.39. The van der Waals surface area contributed by atoms with Gasteiger partial charge in [0.1, 0.15) is 17.5 Å². The number of methoxy groups -OCH3 is 1. The third kappa shape index (κ3) is 4.47. The molecule has 0 aromatic heterocycles. The largest absolute Gasteiger partial charge is 0.497 e. The maximum Gasteiger partial charge on any atom is 0.233 e. The molecule has 1 aromatic carbocycles. The van der Waals surface area contributed by atoms with Gasteiger partial charge in [0, 0.05) is 12.2 Å². The minimum atomic E-state index is -3.48. The zero-order valence-corrected chi connectivity index (χ0v) is 20.1. The van der Waals surface area contributed by atoms with Crippen molar-refractivity contribution in [2.45, 2.75) is 51.4 Å². The van der Waals surface area contributed by atoms with Crippen LogP contribution in [-0.4, -0.2) is 53.8 Å². The highest BCUT2D eigenvalue weighted by atomic mass is 33.1. The van der Waals surface area contributed by atoms with Gasteiger partial charge in [0.25, 0.3) is 0 Å². The van der Waals surface area contributed by atoms with Crippen LogP contribution >= 0.6 is 22.5 Å². The Bertz CT molecular complexity index is 924. The van der Waals surface area contributed by atoms with Crippen LogP contribution in [-0.2, 0) is 16.6 Å². The molecule has 0 bridgehead atoms. The molecule has 0 N–H and O–H groups in total. The molecule has 2 aliphatic rings. The van der Waals surface area contributed by atoms with E-state index in [4.69, 9.17) is 9.73 Å². The van der Waals surface area contributed by atoms with E-state index in [9.17, 15) is 8.42 Å². The summed E-state index contributed by atoms with van der Waals surface area (Å²) >= 11 is 4.41. The van der Waals surface area contributed by atoms with Gasteiger partial charge in [-0.3, -0.25) is 4.99 Å². The lowest BCUT2D eigenvalue weighted by atomic mass is 9.98. The number of rotatable bonds is 6. The molecule has 3 rings (SSSR count). The Morgan fingerprint density at radius 3 is 2.52 bits per heavy atom. The zero-order valence-electron chi connectivity index (χ0n) is 17.5. The van der Waals surface area contributed by atoms with Crippen molar-refractivity contribution < 1.29 is 13.2 Å². The van der Waals surface area contributed by atoms with Gasteiger partial charge < -0.3 is 9.64 Å². The van der Waals surface area contributed by atoms with Gasteiger partial charge >= 0.3 is 0 Å². The molecular formula is C20H29N3O3S3. The summed E-state index contributed by atoms with van der Waals surface area (Å²) in [6.07, 6.45) is 0.842. The van der Waals surface area contributed by atoms with Gasteiger partial charge in [-0.05, 0) is 50.5 Å². The number of fused-ring (bicyclic) bond motifs is 1. The van der Waals surface area contributed by atoms with Crippen molar-refractivity contribution in [2.24, 2.45) is 4.99 Å². The van der Waals surface area contributed by atoms with Gasteiger partial charge in [0.15, 0.2) is 0 Å². The summed E-state index contributed by atoms with van der Waals surface area (Å²) in [4.78, 5) is 6.78. The summed E-state index contributed by atoms with van der Waals surface area (Å²) in [6, 6.07) is 7.56. The van der Waals surface area contributed by atoms with Gasteiger partial charge in [-0.1, -0.05) is 29.9 Å². The molecule has 0 spiro atoms. The van der Waals surface area contributed by atoms with Crippen molar-refractivity contribution in [3.05, 3.63) is 41.1 Å². The Kier molecular flexibility index (Phi) is 6.62. The summed E-state index contributed by atoms with van der Waals surface area (Å²) in [5.74, 6) is 1.45. The molecule has 0 saturated carbocycles. The normalized spacial score (nSPS) is 22.3. The van der Waals surface area contributed by atoms with E-state index in [1.54, 1.807) is 11.4 Å². The molecule has 2 heterocycles. The molecule has 1 atom stereocenters. The summed E-state index contributed by atoms with van der Waals surface area (Å²) in [6.45, 7) is 8.94. The minimum absolute atomic E-state index is 0.0321. The van der Waals surface area contributed by atoms with Crippen LogP contribution in [0.3, 0.4) is 0 Å². The number of thiol groups is 1. The van der Waals surface area contributed by atoms with Crippen LogP contribution in [0, 0.1) is 0 Å². The molecule has 0 amide bonds. The predicted octanol–water partition coefficient (Wildman–Crippen LogP) is 3.92. The smallest absolute Gasteiger partial charge is 0.233 e. The van der Waals surface area contributed by atoms with Crippen molar-refractivity contribution in [1.29, 1.82) is 0 Å². The fourth-order valence-corrected chi connectivity index (χ4v) is 5.74. The van der Waals surface area contributed by atoms with Crippen molar-refractivity contribution in [3.8, 4) is 5.75 Å². The van der Waals surface area contributed by atoms with E-state index in [0.717, 1.165) is 29.3 Å². The molecule has 0 unspecified atom stereocenters. The quantitative estimate of drug-likeness (QED) is 0.520. The second-order valence-electron chi connectivity index (χ2n) is 7.84. The Hall–Kier alpha value is -1.16. The summed E-state index contributed by atoms with van der Waals surface area (Å²) < 4.78 is 32.7. The standard InChI is InChI=1S/C20H29N3O3S3/c1-6-17-14(2)21-19(20(3,4)28-27)23-13-29(24,25)22(12-18(17)23)11-15-7-9-16(26-5)10-8-15/h7-10,14,27H,6,11-13H2,1-5H3/t14-/m0/s1.